The molecule has 7 nitrogen and oxygen atoms in total. The first-order valence-corrected chi connectivity index (χ1v) is 9.66. The number of carbonyl (C=O) groups is 2. The van der Waals surface area contributed by atoms with Crippen molar-refractivity contribution < 1.29 is 19.1 Å². The summed E-state index contributed by atoms with van der Waals surface area (Å²) in [6, 6.07) is 6.43. The maximum absolute atomic E-state index is 12.7. The molecule has 3 unspecified atom stereocenters. The van der Waals surface area contributed by atoms with Gasteiger partial charge in [0.2, 0.25) is 0 Å². The summed E-state index contributed by atoms with van der Waals surface area (Å²) < 4.78 is 10.4. The Kier molecular flexibility index (Phi) is 6.24. The normalized spacial score (nSPS) is 25.7. The third-order valence-corrected chi connectivity index (χ3v) is 5.31. The predicted octanol–water partition coefficient (Wildman–Crippen LogP) is 2.45. The number of ether oxygens (including phenoxy) is 2. The Morgan fingerprint density at radius 2 is 1.93 bits per heavy atom. The number of nitrogens with zero attached hydrogens (tertiary/aromatic N) is 1. The molecule has 1 fully saturated rings. The molecule has 152 valence electrons. The Balaban J connectivity index is 1.97. The molecule has 1 aromatic rings. The molecule has 2 aliphatic heterocycles. The van der Waals surface area contributed by atoms with Crippen LogP contribution in [0.4, 0.5) is 4.79 Å². The maximum atomic E-state index is 12.7. The number of hydrogen-bond donors (Lipinski definition) is 2. The van der Waals surface area contributed by atoms with Crippen LogP contribution >= 0.6 is 0 Å². The second kappa shape index (κ2) is 8.65. The first-order chi connectivity index (χ1) is 13.4. The van der Waals surface area contributed by atoms with Gasteiger partial charge in [-0.2, -0.15) is 0 Å². The summed E-state index contributed by atoms with van der Waals surface area (Å²) in [5.74, 6) is 1.37. The molecule has 2 heterocycles. The topological polar surface area (TPSA) is 79.9 Å². The summed E-state index contributed by atoms with van der Waals surface area (Å²) in [5, 5.41) is 5.69. The van der Waals surface area contributed by atoms with Gasteiger partial charge in [0.25, 0.3) is 0 Å². The van der Waals surface area contributed by atoms with Crippen LogP contribution in [0.15, 0.2) is 35.5 Å². The number of urea groups is 1. The molecule has 2 aliphatic rings. The maximum Gasteiger partial charge on any atom is 0.338 e. The number of benzene rings is 1. The number of nitrogens with one attached hydrogen (secondary N) is 2. The van der Waals surface area contributed by atoms with Gasteiger partial charge in [-0.25, -0.2) is 9.59 Å². The summed E-state index contributed by atoms with van der Waals surface area (Å²) in [4.78, 5) is 27.3. The van der Waals surface area contributed by atoms with Crippen LogP contribution in [0.1, 0.15) is 31.9 Å². The van der Waals surface area contributed by atoms with E-state index in [0.717, 1.165) is 18.7 Å². The zero-order chi connectivity index (χ0) is 20.3. The van der Waals surface area contributed by atoms with Crippen molar-refractivity contribution in [3.8, 4) is 5.75 Å². The minimum absolute atomic E-state index is 0.325. The Hall–Kier alpha value is -2.54. The molecule has 0 aromatic heterocycles. The monoisotopic (exact) mass is 387 g/mol. The molecule has 0 aliphatic carbocycles. The average molecular weight is 387 g/mol. The largest absolute Gasteiger partial charge is 0.497 e. The van der Waals surface area contributed by atoms with Crippen LogP contribution in [0.3, 0.4) is 0 Å². The average Bonchev–Trinajstić information content (AvgIpc) is 2.66. The number of piperidine rings is 1. The van der Waals surface area contributed by atoms with E-state index < -0.39 is 12.0 Å². The molecule has 2 N–H and O–H groups in total. The van der Waals surface area contributed by atoms with E-state index in [0.29, 0.717) is 35.4 Å². The summed E-state index contributed by atoms with van der Waals surface area (Å²) in [5.41, 5.74) is 1.80. The van der Waals surface area contributed by atoms with E-state index in [1.807, 2.05) is 24.3 Å². The van der Waals surface area contributed by atoms with Gasteiger partial charge < -0.3 is 20.1 Å². The Morgan fingerprint density at radius 1 is 1.21 bits per heavy atom. The Morgan fingerprint density at radius 3 is 2.57 bits per heavy atom. The SMILES string of the molecule is COC(=O)C1=C(CN2CC(C)CC(C)C2)NC(=O)NC1c1cccc(OC)c1. The molecule has 0 radical (unpaired) electrons. The summed E-state index contributed by atoms with van der Waals surface area (Å²) in [7, 11) is 2.94. The zero-order valence-corrected chi connectivity index (χ0v) is 17.0. The van der Waals surface area contributed by atoms with Crippen LogP contribution in [0, 0.1) is 11.8 Å². The third-order valence-electron chi connectivity index (χ3n) is 5.31. The smallest absolute Gasteiger partial charge is 0.338 e. The fourth-order valence-electron chi connectivity index (χ4n) is 4.31. The van der Waals surface area contributed by atoms with Crippen molar-refractivity contribution in [2.75, 3.05) is 33.9 Å². The molecule has 0 saturated carbocycles. The molecule has 2 amide bonds. The minimum Gasteiger partial charge on any atom is -0.497 e. The highest BCUT2D eigenvalue weighted by Gasteiger charge is 2.35. The fourth-order valence-corrected chi connectivity index (χ4v) is 4.31. The highest BCUT2D eigenvalue weighted by Crippen LogP contribution is 2.31. The summed E-state index contributed by atoms with van der Waals surface area (Å²) >= 11 is 0. The molecule has 1 aromatic carbocycles. The first kappa shape index (κ1) is 20.2. The number of amides is 2. The van der Waals surface area contributed by atoms with Gasteiger partial charge in [-0.15, -0.1) is 0 Å². The van der Waals surface area contributed by atoms with Crippen molar-refractivity contribution in [3.63, 3.8) is 0 Å². The van der Waals surface area contributed by atoms with E-state index in [1.54, 1.807) is 7.11 Å². The van der Waals surface area contributed by atoms with Gasteiger partial charge in [-0.3, -0.25) is 4.90 Å². The zero-order valence-electron chi connectivity index (χ0n) is 17.0. The van der Waals surface area contributed by atoms with Crippen LogP contribution in [-0.4, -0.2) is 50.8 Å². The summed E-state index contributed by atoms with van der Waals surface area (Å²) in [6.07, 6.45) is 1.19. The van der Waals surface area contributed by atoms with Gasteiger partial charge in [-0.1, -0.05) is 26.0 Å². The summed E-state index contributed by atoms with van der Waals surface area (Å²) in [6.45, 7) is 6.86. The van der Waals surface area contributed by atoms with Crippen molar-refractivity contribution in [2.45, 2.75) is 26.3 Å². The van der Waals surface area contributed by atoms with Crippen LogP contribution in [-0.2, 0) is 9.53 Å². The number of carbonyl (C=O) groups excluding carboxylic acids is 2. The quantitative estimate of drug-likeness (QED) is 0.759. The Bertz CT molecular complexity index is 767. The number of esters is 1. The van der Waals surface area contributed by atoms with E-state index in [1.165, 1.54) is 13.5 Å². The van der Waals surface area contributed by atoms with Crippen LogP contribution in [0.5, 0.6) is 5.75 Å². The number of rotatable bonds is 5. The van der Waals surface area contributed by atoms with Gasteiger partial charge in [0.05, 0.1) is 25.8 Å². The second-order valence-corrected chi connectivity index (χ2v) is 7.83. The fraction of sp³-hybridized carbons (Fsp3) is 0.524. The molecular weight excluding hydrogens is 358 g/mol. The van der Waals surface area contributed by atoms with E-state index >= 15 is 0 Å². The standard InChI is InChI=1S/C21H29N3O4/c1-13-8-14(2)11-24(10-13)12-17-18(20(25)28-4)19(23-21(26)22-17)15-6-5-7-16(9-15)27-3/h5-7,9,13-14,19H,8,10-12H2,1-4H3,(H2,22,23,26). The molecule has 3 rings (SSSR count). The minimum atomic E-state index is -0.592. The number of likely N-dealkylation sites (tertiary alicyclic amines) is 1. The van der Waals surface area contributed by atoms with Gasteiger partial charge in [0.15, 0.2) is 0 Å². The van der Waals surface area contributed by atoms with Gasteiger partial charge >= 0.3 is 12.0 Å². The van der Waals surface area contributed by atoms with E-state index in [-0.39, 0.29) is 6.03 Å². The van der Waals surface area contributed by atoms with Crippen molar-refractivity contribution in [1.29, 1.82) is 0 Å². The predicted molar refractivity (Wildman–Crippen MR) is 106 cm³/mol. The molecule has 3 atom stereocenters. The van der Waals surface area contributed by atoms with Crippen molar-refractivity contribution in [3.05, 3.63) is 41.1 Å². The van der Waals surface area contributed by atoms with Crippen molar-refractivity contribution in [2.24, 2.45) is 11.8 Å². The Labute approximate surface area is 166 Å². The van der Waals surface area contributed by atoms with Gasteiger partial charge in [0.1, 0.15) is 5.75 Å². The van der Waals surface area contributed by atoms with Crippen molar-refractivity contribution >= 4 is 12.0 Å². The van der Waals surface area contributed by atoms with Gasteiger partial charge in [0, 0.05) is 25.3 Å². The molecule has 0 bridgehead atoms. The lowest BCUT2D eigenvalue weighted by Crippen LogP contribution is -2.50. The highest BCUT2D eigenvalue weighted by molar-refractivity contribution is 5.95. The molecule has 28 heavy (non-hydrogen) atoms. The van der Waals surface area contributed by atoms with E-state index in [9.17, 15) is 9.59 Å². The van der Waals surface area contributed by atoms with E-state index in [4.69, 9.17) is 9.47 Å². The number of hydrogen-bond acceptors (Lipinski definition) is 5. The van der Waals surface area contributed by atoms with Gasteiger partial charge in [-0.05, 0) is 36.0 Å². The highest BCUT2D eigenvalue weighted by atomic mass is 16.5. The lowest BCUT2D eigenvalue weighted by Gasteiger charge is -2.37. The lowest BCUT2D eigenvalue weighted by atomic mass is 9.91. The third kappa shape index (κ3) is 4.47. The molecule has 1 saturated heterocycles. The molecular formula is C21H29N3O4. The number of methoxy groups -OCH3 is 2. The van der Waals surface area contributed by atoms with Crippen molar-refractivity contribution in [1.82, 2.24) is 15.5 Å². The lowest BCUT2D eigenvalue weighted by molar-refractivity contribution is -0.136. The van der Waals surface area contributed by atoms with Crippen LogP contribution in [0.25, 0.3) is 0 Å². The van der Waals surface area contributed by atoms with Crippen LogP contribution in [0.2, 0.25) is 0 Å². The van der Waals surface area contributed by atoms with E-state index in [2.05, 4.69) is 29.4 Å². The second-order valence-electron chi connectivity index (χ2n) is 7.83. The van der Waals surface area contributed by atoms with Crippen LogP contribution < -0.4 is 15.4 Å². The molecule has 0 spiro atoms. The molecule has 7 heteroatoms. The first-order valence-electron chi connectivity index (χ1n) is 9.66.